The van der Waals surface area contributed by atoms with Crippen molar-refractivity contribution < 1.29 is 23.9 Å². The van der Waals surface area contributed by atoms with Crippen molar-refractivity contribution in [2.24, 2.45) is 5.11 Å². The molecule has 8 heteroatoms. The van der Waals surface area contributed by atoms with Gasteiger partial charge in [0, 0.05) is 17.2 Å². The number of amides is 2. The van der Waals surface area contributed by atoms with Crippen LogP contribution in [0.3, 0.4) is 0 Å². The number of methoxy groups -OCH3 is 2. The van der Waals surface area contributed by atoms with Crippen LogP contribution in [0.15, 0.2) is 77.9 Å². The van der Waals surface area contributed by atoms with Crippen molar-refractivity contribution >= 4 is 23.2 Å². The average Bonchev–Trinajstić information content (AvgIpc) is 3.04. The fraction of sp³-hybridized carbons (Fsp3) is 0.0909. The fourth-order valence-electron chi connectivity index (χ4n) is 3.00. The molecule has 30 heavy (non-hydrogen) atoms. The molecule has 0 unspecified atom stereocenters. The second-order valence-electron chi connectivity index (χ2n) is 6.40. The Kier molecular flexibility index (Phi) is 5.13. The van der Waals surface area contributed by atoms with E-state index in [0.717, 1.165) is 5.01 Å². The molecule has 0 saturated heterocycles. The van der Waals surface area contributed by atoms with Gasteiger partial charge in [-0.05, 0) is 48.5 Å². The van der Waals surface area contributed by atoms with Crippen LogP contribution in [0, 0.1) is 0 Å². The number of ether oxygens (including phenoxy) is 2. The van der Waals surface area contributed by atoms with Crippen LogP contribution in [0.2, 0.25) is 0 Å². The van der Waals surface area contributed by atoms with Gasteiger partial charge in [-0.3, -0.25) is 9.59 Å². The normalized spacial score (nSPS) is 13.3. The first-order chi connectivity index (χ1) is 14.6. The molecule has 150 valence electrons. The summed E-state index contributed by atoms with van der Waals surface area (Å²) in [7, 11) is 3.16. The Morgan fingerprint density at radius 3 is 1.77 bits per heavy atom. The molecule has 0 spiro atoms. The van der Waals surface area contributed by atoms with Crippen LogP contribution in [-0.2, 0) is 0 Å². The van der Waals surface area contributed by atoms with Crippen molar-refractivity contribution in [3.63, 3.8) is 0 Å². The molecular weight excluding hydrogens is 384 g/mol. The van der Waals surface area contributed by atoms with Gasteiger partial charge >= 0.3 is 0 Å². The minimum Gasteiger partial charge on any atom is -0.497 e. The molecule has 3 aromatic rings. The lowest BCUT2D eigenvalue weighted by atomic mass is 10.1. The van der Waals surface area contributed by atoms with Gasteiger partial charge in [-0.1, -0.05) is 17.7 Å². The van der Waals surface area contributed by atoms with Crippen LogP contribution in [0.5, 0.6) is 11.5 Å². The lowest BCUT2D eigenvalue weighted by molar-refractivity contribution is -0.591. The van der Waals surface area contributed by atoms with Crippen molar-refractivity contribution in [2.45, 2.75) is 0 Å². The number of hydrogen-bond acceptors (Lipinski definition) is 5. The third-order valence-corrected chi connectivity index (χ3v) is 4.59. The SMILES string of the molecule is COc1ccc(N=[N+](NN2C(=O)c3ccccc3C2=O)c2ccc(OC)cc2)cc1. The molecule has 0 saturated carbocycles. The highest BCUT2D eigenvalue weighted by Crippen LogP contribution is 2.25. The quantitative estimate of drug-likeness (QED) is 0.293. The molecule has 1 N–H and O–H groups in total. The van der Waals surface area contributed by atoms with Crippen LogP contribution in [0.25, 0.3) is 0 Å². The number of fused-ring (bicyclic) bond motifs is 1. The number of hydrogen-bond donors (Lipinski definition) is 1. The predicted molar refractivity (Wildman–Crippen MR) is 108 cm³/mol. The van der Waals surface area contributed by atoms with E-state index in [4.69, 9.17) is 9.47 Å². The molecule has 0 aromatic heterocycles. The van der Waals surface area contributed by atoms with E-state index in [9.17, 15) is 9.59 Å². The van der Waals surface area contributed by atoms with Gasteiger partial charge in [0.15, 0.2) is 0 Å². The number of carbonyl (C=O) groups excluding carboxylic acids is 2. The number of rotatable bonds is 6. The van der Waals surface area contributed by atoms with Crippen LogP contribution < -0.4 is 15.0 Å². The number of imide groups is 1. The van der Waals surface area contributed by atoms with Gasteiger partial charge in [-0.25, -0.2) is 0 Å². The molecule has 0 bridgehead atoms. The summed E-state index contributed by atoms with van der Waals surface area (Å²) in [6.45, 7) is 0. The number of azo groups is 1. The summed E-state index contributed by atoms with van der Waals surface area (Å²) in [5.74, 6) is 0.472. The molecule has 1 heterocycles. The zero-order valence-corrected chi connectivity index (χ0v) is 16.4. The maximum atomic E-state index is 12.7. The van der Waals surface area contributed by atoms with Gasteiger partial charge < -0.3 is 9.47 Å². The third-order valence-electron chi connectivity index (χ3n) is 4.59. The van der Waals surface area contributed by atoms with Crippen molar-refractivity contribution in [1.82, 2.24) is 10.5 Å². The van der Waals surface area contributed by atoms with E-state index in [1.165, 1.54) is 4.81 Å². The summed E-state index contributed by atoms with van der Waals surface area (Å²) >= 11 is 0. The average molecular weight is 403 g/mol. The van der Waals surface area contributed by atoms with Gasteiger partial charge in [0.1, 0.15) is 17.2 Å². The molecule has 3 aromatic carbocycles. The maximum absolute atomic E-state index is 12.7. The third kappa shape index (κ3) is 3.58. The Morgan fingerprint density at radius 2 is 1.27 bits per heavy atom. The molecule has 0 radical (unpaired) electrons. The Morgan fingerprint density at radius 1 is 0.767 bits per heavy atom. The topological polar surface area (TPSA) is 83.2 Å². The number of nitrogens with one attached hydrogen (secondary N) is 1. The molecule has 8 nitrogen and oxygen atoms in total. The lowest BCUT2D eigenvalue weighted by Crippen LogP contribution is -2.46. The second-order valence-corrected chi connectivity index (χ2v) is 6.40. The van der Waals surface area contributed by atoms with Gasteiger partial charge in [0.25, 0.3) is 17.5 Å². The lowest BCUT2D eigenvalue weighted by Gasteiger charge is -2.11. The standard InChI is InChI=1S/C22H19N4O4/c1-29-17-11-7-15(8-12-17)23-26(16-9-13-18(30-2)14-10-16)24-25-21(27)19-5-3-4-6-20(19)22(25)28/h3-14H,1-2H3,(H,23,24)/q+1. The van der Waals surface area contributed by atoms with E-state index in [1.54, 1.807) is 87.0 Å². The van der Waals surface area contributed by atoms with Gasteiger partial charge in [0.2, 0.25) is 0 Å². The Bertz CT molecular complexity index is 1090. The number of carbonyl (C=O) groups is 2. The zero-order valence-electron chi connectivity index (χ0n) is 16.4. The van der Waals surface area contributed by atoms with E-state index in [-0.39, 0.29) is 0 Å². The van der Waals surface area contributed by atoms with Crippen LogP contribution >= 0.6 is 0 Å². The van der Waals surface area contributed by atoms with Crippen LogP contribution in [-0.4, -0.2) is 35.8 Å². The van der Waals surface area contributed by atoms with Gasteiger partial charge in [0.05, 0.1) is 30.2 Å². The highest BCUT2D eigenvalue weighted by Gasteiger charge is 2.38. The summed E-state index contributed by atoms with van der Waals surface area (Å²) in [6.07, 6.45) is 0. The van der Waals surface area contributed by atoms with Gasteiger partial charge in [-0.2, -0.15) is 0 Å². The molecule has 0 fully saturated rings. The molecule has 2 amide bonds. The van der Waals surface area contributed by atoms with E-state index < -0.39 is 11.8 Å². The minimum absolute atomic E-state index is 0.342. The molecule has 0 atom stereocenters. The largest absolute Gasteiger partial charge is 0.497 e. The smallest absolute Gasteiger partial charge is 0.284 e. The molecule has 1 aliphatic heterocycles. The number of nitrogens with zero attached hydrogens (tertiary/aromatic N) is 3. The van der Waals surface area contributed by atoms with Crippen molar-refractivity contribution in [2.75, 3.05) is 14.2 Å². The van der Waals surface area contributed by atoms with Crippen molar-refractivity contribution in [3.8, 4) is 11.5 Å². The highest BCUT2D eigenvalue weighted by molar-refractivity contribution is 6.20. The Hall–Kier alpha value is -4.20. The molecular formula is C22H19N4O4+. The Balaban J connectivity index is 1.71. The first kappa shape index (κ1) is 19.1. The van der Waals surface area contributed by atoms with Crippen molar-refractivity contribution in [3.05, 3.63) is 83.9 Å². The van der Waals surface area contributed by atoms with Crippen LogP contribution in [0.4, 0.5) is 11.4 Å². The second kappa shape index (κ2) is 8.04. The monoisotopic (exact) mass is 403 g/mol. The fourth-order valence-corrected chi connectivity index (χ4v) is 3.00. The zero-order chi connectivity index (χ0) is 21.1. The number of hydrazine groups is 2. The minimum atomic E-state index is -0.445. The summed E-state index contributed by atoms with van der Waals surface area (Å²) < 4.78 is 10.4. The molecule has 0 aliphatic carbocycles. The van der Waals surface area contributed by atoms with E-state index >= 15 is 0 Å². The summed E-state index contributed by atoms with van der Waals surface area (Å²) in [5, 5.41) is 5.48. The van der Waals surface area contributed by atoms with Crippen LogP contribution in [0.1, 0.15) is 20.7 Å². The van der Waals surface area contributed by atoms with Gasteiger partial charge in [-0.15, -0.1) is 5.01 Å². The maximum Gasteiger partial charge on any atom is 0.284 e. The summed E-state index contributed by atoms with van der Waals surface area (Å²) in [6, 6.07) is 20.8. The molecule has 1 aliphatic rings. The highest BCUT2D eigenvalue weighted by atomic mass is 16.5. The van der Waals surface area contributed by atoms with E-state index in [2.05, 4.69) is 10.6 Å². The number of benzene rings is 3. The Labute approximate surface area is 172 Å². The van der Waals surface area contributed by atoms with E-state index in [1.807, 2.05) is 0 Å². The summed E-state index contributed by atoms with van der Waals surface area (Å²) in [4.78, 5) is 26.9. The first-order valence-electron chi connectivity index (χ1n) is 9.14. The molecule has 4 rings (SSSR count). The van der Waals surface area contributed by atoms with Crippen molar-refractivity contribution in [1.29, 1.82) is 0 Å². The predicted octanol–water partition coefficient (Wildman–Crippen LogP) is 3.85. The van der Waals surface area contributed by atoms with E-state index in [0.29, 0.717) is 34.0 Å². The first-order valence-corrected chi connectivity index (χ1v) is 9.14. The summed E-state index contributed by atoms with van der Waals surface area (Å²) in [5.41, 5.74) is 4.70.